The predicted molar refractivity (Wildman–Crippen MR) is 147 cm³/mol. The first-order valence-corrected chi connectivity index (χ1v) is 13.7. The quantitative estimate of drug-likeness (QED) is 0.464. The molecule has 6 rings (SSSR count). The average Bonchev–Trinajstić information content (AvgIpc) is 3.29. The number of ether oxygens (including phenoxy) is 1. The third-order valence-corrected chi connectivity index (χ3v) is 8.04. The Hall–Kier alpha value is -4.48. The first-order valence-electron chi connectivity index (χ1n) is 13.7. The highest BCUT2D eigenvalue weighted by atomic mass is 16.5. The number of hydrogen-bond donors (Lipinski definition) is 1. The lowest BCUT2D eigenvalue weighted by Crippen LogP contribution is -2.45. The molecule has 3 aromatic carbocycles. The van der Waals surface area contributed by atoms with Gasteiger partial charge in [-0.1, -0.05) is 36.4 Å². The Kier molecular flexibility index (Phi) is 7.06. The van der Waals surface area contributed by atoms with Crippen molar-refractivity contribution in [1.29, 1.82) is 5.26 Å². The van der Waals surface area contributed by atoms with Crippen LogP contribution in [0.25, 0.3) is 0 Å². The molecule has 0 spiro atoms. The topological polar surface area (TPSA) is 103 Å². The zero-order valence-electron chi connectivity index (χ0n) is 22.2. The van der Waals surface area contributed by atoms with Gasteiger partial charge in [-0.2, -0.15) is 5.26 Å². The molecule has 202 valence electrons. The molecular weight excluding hydrogens is 504 g/mol. The van der Waals surface area contributed by atoms with E-state index in [4.69, 9.17) is 4.74 Å². The van der Waals surface area contributed by atoms with Gasteiger partial charge >= 0.3 is 0 Å². The van der Waals surface area contributed by atoms with Crippen molar-refractivity contribution in [3.8, 4) is 11.8 Å². The molecule has 0 aliphatic carbocycles. The van der Waals surface area contributed by atoms with Gasteiger partial charge in [-0.3, -0.25) is 24.6 Å². The van der Waals surface area contributed by atoms with E-state index in [0.717, 1.165) is 37.2 Å². The van der Waals surface area contributed by atoms with Crippen molar-refractivity contribution in [1.82, 2.24) is 15.1 Å². The van der Waals surface area contributed by atoms with Crippen molar-refractivity contribution >= 4 is 17.7 Å². The van der Waals surface area contributed by atoms with Crippen molar-refractivity contribution in [3.05, 3.63) is 99.6 Å². The molecule has 0 saturated carbocycles. The second-order valence-corrected chi connectivity index (χ2v) is 10.8. The van der Waals surface area contributed by atoms with Crippen LogP contribution in [0.5, 0.6) is 5.75 Å². The van der Waals surface area contributed by atoms with Crippen molar-refractivity contribution in [3.63, 3.8) is 0 Å². The fourth-order valence-corrected chi connectivity index (χ4v) is 5.80. The second kappa shape index (κ2) is 10.9. The maximum Gasteiger partial charge on any atom is 0.254 e. The van der Waals surface area contributed by atoms with Crippen LogP contribution in [0.4, 0.5) is 0 Å². The van der Waals surface area contributed by atoms with E-state index in [1.54, 1.807) is 11.0 Å². The van der Waals surface area contributed by atoms with Crippen molar-refractivity contribution in [2.75, 3.05) is 13.1 Å². The number of nitrogens with one attached hydrogen (secondary N) is 1. The van der Waals surface area contributed by atoms with Gasteiger partial charge in [-0.15, -0.1) is 0 Å². The van der Waals surface area contributed by atoms with Gasteiger partial charge < -0.3 is 9.64 Å². The standard InChI is InChI=1S/C32H30N4O4/c33-15-23-8-9-24-12-13-35(17-26(24)14-23)16-21-4-6-22(7-5-21)20-40-29-3-1-2-27-28(29)19-36(32(27)39)18-25-10-11-30(37)34-31(25)38/h1-9,14,25H,10-13,16-20H2,(H,34,37,38)/t25-/m1/s1. The van der Waals surface area contributed by atoms with Crippen LogP contribution in [0.1, 0.15) is 56.6 Å². The molecule has 1 fully saturated rings. The van der Waals surface area contributed by atoms with Crippen LogP contribution < -0.4 is 10.1 Å². The van der Waals surface area contributed by atoms with Gasteiger partial charge in [-0.05, 0) is 59.4 Å². The lowest BCUT2D eigenvalue weighted by molar-refractivity contribution is -0.136. The minimum Gasteiger partial charge on any atom is -0.489 e. The summed E-state index contributed by atoms with van der Waals surface area (Å²) in [6.45, 7) is 3.72. The van der Waals surface area contributed by atoms with Crippen LogP contribution in [0.3, 0.4) is 0 Å². The number of piperidine rings is 1. The number of rotatable bonds is 7. The van der Waals surface area contributed by atoms with Crippen LogP contribution >= 0.6 is 0 Å². The van der Waals surface area contributed by atoms with Gasteiger partial charge in [0.05, 0.1) is 24.1 Å². The molecule has 0 aromatic heterocycles. The number of fused-ring (bicyclic) bond motifs is 2. The predicted octanol–water partition coefficient (Wildman–Crippen LogP) is 3.70. The lowest BCUT2D eigenvalue weighted by Gasteiger charge is -2.29. The van der Waals surface area contributed by atoms with E-state index < -0.39 is 0 Å². The molecule has 0 unspecified atom stereocenters. The van der Waals surface area contributed by atoms with Gasteiger partial charge in [0.1, 0.15) is 12.4 Å². The minimum atomic E-state index is -0.381. The minimum absolute atomic E-state index is 0.112. The second-order valence-electron chi connectivity index (χ2n) is 10.8. The highest BCUT2D eigenvalue weighted by Crippen LogP contribution is 2.32. The van der Waals surface area contributed by atoms with Gasteiger partial charge in [0.25, 0.3) is 5.91 Å². The van der Waals surface area contributed by atoms with E-state index in [1.165, 1.54) is 16.7 Å². The van der Waals surface area contributed by atoms with Gasteiger partial charge in [0.2, 0.25) is 11.8 Å². The summed E-state index contributed by atoms with van der Waals surface area (Å²) in [5.41, 5.74) is 6.97. The zero-order chi connectivity index (χ0) is 27.6. The van der Waals surface area contributed by atoms with E-state index >= 15 is 0 Å². The number of benzene rings is 3. The van der Waals surface area contributed by atoms with Crippen LogP contribution in [0.2, 0.25) is 0 Å². The van der Waals surface area contributed by atoms with Gasteiger partial charge in [0, 0.05) is 43.7 Å². The Labute approximate surface area is 233 Å². The average molecular weight is 535 g/mol. The molecule has 3 heterocycles. The molecule has 1 atom stereocenters. The van der Waals surface area contributed by atoms with Gasteiger partial charge in [0.15, 0.2) is 0 Å². The fourth-order valence-electron chi connectivity index (χ4n) is 5.80. The zero-order valence-corrected chi connectivity index (χ0v) is 22.2. The molecule has 3 aliphatic rings. The summed E-state index contributed by atoms with van der Waals surface area (Å²) >= 11 is 0. The summed E-state index contributed by atoms with van der Waals surface area (Å²) < 4.78 is 6.17. The maximum atomic E-state index is 13.0. The van der Waals surface area contributed by atoms with E-state index in [-0.39, 0.29) is 30.2 Å². The summed E-state index contributed by atoms with van der Waals surface area (Å²) in [4.78, 5) is 40.8. The van der Waals surface area contributed by atoms with Crippen molar-refractivity contribution in [2.24, 2.45) is 5.92 Å². The summed E-state index contributed by atoms with van der Waals surface area (Å²) in [5.74, 6) is -0.386. The van der Waals surface area contributed by atoms with Crippen molar-refractivity contribution < 1.29 is 19.1 Å². The number of nitriles is 1. The Bertz CT molecular complexity index is 1520. The summed E-state index contributed by atoms with van der Waals surface area (Å²) in [6.07, 6.45) is 1.74. The highest BCUT2D eigenvalue weighted by molar-refractivity contribution is 6.01. The summed E-state index contributed by atoms with van der Waals surface area (Å²) in [6, 6.07) is 22.1. The molecule has 0 radical (unpaired) electrons. The Morgan fingerprint density at radius 2 is 1.77 bits per heavy atom. The van der Waals surface area contributed by atoms with Crippen LogP contribution in [-0.2, 0) is 42.3 Å². The lowest BCUT2D eigenvalue weighted by atomic mass is 9.97. The molecular formula is C32H30N4O4. The first kappa shape index (κ1) is 25.8. The van der Waals surface area contributed by atoms with Crippen LogP contribution in [0.15, 0.2) is 60.7 Å². The maximum absolute atomic E-state index is 13.0. The molecule has 3 amide bonds. The number of hydrogen-bond acceptors (Lipinski definition) is 6. The number of imide groups is 1. The molecule has 40 heavy (non-hydrogen) atoms. The largest absolute Gasteiger partial charge is 0.489 e. The van der Waals surface area contributed by atoms with Crippen molar-refractivity contribution in [2.45, 2.75) is 45.5 Å². The molecule has 8 nitrogen and oxygen atoms in total. The Morgan fingerprint density at radius 3 is 2.58 bits per heavy atom. The first-order chi connectivity index (χ1) is 19.5. The molecule has 0 bridgehead atoms. The van der Waals surface area contributed by atoms with Crippen LogP contribution in [-0.4, -0.2) is 40.6 Å². The molecule has 8 heteroatoms. The number of carbonyl (C=O) groups is 3. The smallest absolute Gasteiger partial charge is 0.254 e. The third-order valence-electron chi connectivity index (χ3n) is 8.04. The molecule has 3 aliphatic heterocycles. The van der Waals surface area contributed by atoms with E-state index in [2.05, 4.69) is 46.6 Å². The normalized spacial score (nSPS) is 18.6. The summed E-state index contributed by atoms with van der Waals surface area (Å²) in [5, 5.41) is 11.6. The number of nitrogens with zero attached hydrogens (tertiary/aromatic N) is 3. The van der Waals surface area contributed by atoms with Gasteiger partial charge in [-0.25, -0.2) is 0 Å². The monoisotopic (exact) mass is 534 g/mol. The number of carbonyl (C=O) groups excluding carboxylic acids is 3. The third kappa shape index (κ3) is 5.33. The highest BCUT2D eigenvalue weighted by Gasteiger charge is 2.35. The Morgan fingerprint density at radius 1 is 0.950 bits per heavy atom. The Balaban J connectivity index is 1.05. The molecule has 3 aromatic rings. The molecule has 1 N–H and O–H groups in total. The fraction of sp³-hybridized carbons (Fsp3) is 0.312. The van der Waals surface area contributed by atoms with E-state index in [9.17, 15) is 19.6 Å². The van der Waals surface area contributed by atoms with E-state index in [1.807, 2.05) is 24.3 Å². The summed E-state index contributed by atoms with van der Waals surface area (Å²) in [7, 11) is 0. The van der Waals surface area contributed by atoms with Crippen LogP contribution in [0, 0.1) is 17.2 Å². The van der Waals surface area contributed by atoms with E-state index in [0.29, 0.717) is 42.9 Å². The molecule has 1 saturated heterocycles. The number of amides is 3. The SMILES string of the molecule is N#Cc1ccc2c(c1)CN(Cc1ccc(COc3cccc4c3CN(C[C@H]3CCC(=O)NC3=O)C4=O)cc1)CC2.